The minimum absolute atomic E-state index is 0.0756. The van der Waals surface area contributed by atoms with Crippen LogP contribution in [-0.4, -0.2) is 12.0 Å². The molecule has 1 atom stereocenters. The van der Waals surface area contributed by atoms with Crippen LogP contribution in [0.4, 0.5) is 0 Å². The maximum Gasteiger partial charge on any atom is 0.122 e. The Hall–Kier alpha value is -0.680. The standard InChI is InChI=1S/C10H14OS/c1-2-3-6-11-7-10-12-8-4-5-9-12/h4,8-9H,2-3,5-6H2,1H3. The summed E-state index contributed by atoms with van der Waals surface area (Å²) in [5.74, 6) is 0. The molecule has 0 aliphatic carbocycles. The molecule has 0 N–H and O–H groups in total. The molecule has 1 unspecified atom stereocenters. The Balaban J connectivity index is 2.15. The first-order valence-electron chi connectivity index (χ1n) is 4.28. The Morgan fingerprint density at radius 3 is 3.17 bits per heavy atom. The van der Waals surface area contributed by atoms with Crippen LogP contribution in [0.25, 0.3) is 0 Å². The summed E-state index contributed by atoms with van der Waals surface area (Å²) in [5.41, 5.74) is 0. The van der Waals surface area contributed by atoms with Crippen molar-refractivity contribution >= 4 is 15.9 Å². The summed E-state index contributed by atoms with van der Waals surface area (Å²) >= 11 is 0. The van der Waals surface area contributed by atoms with Crippen LogP contribution in [0.15, 0.2) is 11.5 Å². The zero-order chi connectivity index (χ0) is 8.65. The molecule has 0 aromatic rings. The van der Waals surface area contributed by atoms with Gasteiger partial charge in [0, 0.05) is 5.25 Å². The molecule has 66 valence electrons. The van der Waals surface area contributed by atoms with Crippen LogP contribution in [0.1, 0.15) is 26.2 Å². The number of ether oxygens (including phenoxy) is 1. The lowest BCUT2D eigenvalue weighted by Crippen LogP contribution is -1.84. The van der Waals surface area contributed by atoms with Gasteiger partial charge in [-0.1, -0.05) is 29.9 Å². The predicted octanol–water partition coefficient (Wildman–Crippen LogP) is 2.71. The van der Waals surface area contributed by atoms with Gasteiger partial charge in [0.1, 0.15) is 12.7 Å². The van der Waals surface area contributed by atoms with Crippen LogP contribution in [0.3, 0.4) is 0 Å². The number of rotatable bonds is 3. The molecule has 0 aromatic carbocycles. The largest absolute Gasteiger partial charge is 0.446 e. The highest BCUT2D eigenvalue weighted by molar-refractivity contribution is 8.21. The molecule has 12 heavy (non-hydrogen) atoms. The summed E-state index contributed by atoms with van der Waals surface area (Å²) in [6.45, 7) is 2.91. The van der Waals surface area contributed by atoms with Crippen LogP contribution in [0.2, 0.25) is 0 Å². The Kier molecular flexibility index (Phi) is 4.63. The van der Waals surface area contributed by atoms with Gasteiger partial charge in [0.2, 0.25) is 0 Å². The normalized spacial score (nSPS) is 19.6. The van der Waals surface area contributed by atoms with Gasteiger partial charge in [-0.05, 0) is 23.6 Å². The summed E-state index contributed by atoms with van der Waals surface area (Å²) < 4.78 is 5.13. The highest BCUT2D eigenvalue weighted by Crippen LogP contribution is 2.17. The maximum absolute atomic E-state index is 5.13. The van der Waals surface area contributed by atoms with Gasteiger partial charge < -0.3 is 4.74 Å². The van der Waals surface area contributed by atoms with Crippen molar-refractivity contribution in [3.8, 4) is 11.4 Å². The first kappa shape index (κ1) is 9.41. The van der Waals surface area contributed by atoms with Gasteiger partial charge >= 0.3 is 0 Å². The monoisotopic (exact) mass is 182 g/mol. The number of allylic oxidation sites excluding steroid dienone is 1. The average Bonchev–Trinajstić information content (AvgIpc) is 2.57. The Morgan fingerprint density at radius 1 is 1.58 bits per heavy atom. The van der Waals surface area contributed by atoms with Gasteiger partial charge in [0.25, 0.3) is 0 Å². The van der Waals surface area contributed by atoms with Crippen molar-refractivity contribution in [2.75, 3.05) is 6.61 Å². The SMILES string of the molecule is CCCCOC#CS1=CCC=C1. The van der Waals surface area contributed by atoms with Crippen molar-refractivity contribution in [1.82, 2.24) is 0 Å². The average molecular weight is 182 g/mol. The maximum atomic E-state index is 5.13. The molecule has 1 aliphatic heterocycles. The highest BCUT2D eigenvalue weighted by Gasteiger charge is 1.89. The lowest BCUT2D eigenvalue weighted by atomic mass is 10.4. The molecule has 2 heteroatoms. The fourth-order valence-electron chi connectivity index (χ4n) is 0.795. The second-order valence-electron chi connectivity index (χ2n) is 2.55. The second kappa shape index (κ2) is 5.91. The van der Waals surface area contributed by atoms with E-state index < -0.39 is 0 Å². The molecule has 0 aromatic heterocycles. The van der Waals surface area contributed by atoms with Crippen molar-refractivity contribution in [3.63, 3.8) is 0 Å². The van der Waals surface area contributed by atoms with E-state index in [9.17, 15) is 0 Å². The minimum Gasteiger partial charge on any atom is -0.446 e. The molecule has 1 rings (SSSR count). The Labute approximate surface area is 76.7 Å². The van der Waals surface area contributed by atoms with Gasteiger partial charge in [-0.3, -0.25) is 0 Å². The molecule has 0 radical (unpaired) electrons. The van der Waals surface area contributed by atoms with E-state index in [2.05, 4.69) is 35.1 Å². The quantitative estimate of drug-likeness (QED) is 0.370. The molecule has 0 fully saturated rings. The lowest BCUT2D eigenvalue weighted by molar-refractivity contribution is 0.271. The molecule has 0 saturated carbocycles. The molecular formula is C10H14OS. The third-order valence-electron chi connectivity index (χ3n) is 1.49. The van der Waals surface area contributed by atoms with E-state index in [0.717, 1.165) is 19.4 Å². The first-order valence-corrected chi connectivity index (χ1v) is 5.63. The van der Waals surface area contributed by atoms with Crippen LogP contribution in [0.5, 0.6) is 0 Å². The minimum atomic E-state index is 0.0756. The van der Waals surface area contributed by atoms with Crippen LogP contribution < -0.4 is 0 Å². The van der Waals surface area contributed by atoms with E-state index in [4.69, 9.17) is 4.74 Å². The zero-order valence-corrected chi connectivity index (χ0v) is 8.19. The van der Waals surface area contributed by atoms with Crippen molar-refractivity contribution < 1.29 is 4.74 Å². The van der Waals surface area contributed by atoms with E-state index >= 15 is 0 Å². The third-order valence-corrected chi connectivity index (χ3v) is 2.84. The first-order chi connectivity index (χ1) is 5.93. The fourth-order valence-corrected chi connectivity index (χ4v) is 1.85. The molecular weight excluding hydrogens is 168 g/mol. The van der Waals surface area contributed by atoms with Crippen molar-refractivity contribution in [2.45, 2.75) is 26.2 Å². The number of hydrogen-bond donors (Lipinski definition) is 0. The van der Waals surface area contributed by atoms with Gasteiger partial charge in [0.15, 0.2) is 0 Å². The fraction of sp³-hybridized carbons (Fsp3) is 0.500. The molecule has 0 saturated heterocycles. The van der Waals surface area contributed by atoms with E-state index in [1.165, 1.54) is 6.42 Å². The summed E-state index contributed by atoms with van der Waals surface area (Å²) in [7, 11) is 0.0756. The Bertz CT molecular complexity index is 242. The second-order valence-corrected chi connectivity index (χ2v) is 4.11. The summed E-state index contributed by atoms with van der Waals surface area (Å²) in [6.07, 6.45) is 8.21. The molecule has 0 amide bonds. The molecule has 1 heterocycles. The highest BCUT2D eigenvalue weighted by atomic mass is 32.2. The molecule has 1 nitrogen and oxygen atoms in total. The van der Waals surface area contributed by atoms with E-state index in [-0.39, 0.29) is 10.5 Å². The zero-order valence-electron chi connectivity index (χ0n) is 7.38. The van der Waals surface area contributed by atoms with E-state index in [1.807, 2.05) is 0 Å². The lowest BCUT2D eigenvalue weighted by Gasteiger charge is -1.92. The molecule has 0 spiro atoms. The van der Waals surface area contributed by atoms with Crippen LogP contribution in [-0.2, 0) is 4.74 Å². The van der Waals surface area contributed by atoms with Crippen LogP contribution in [0, 0.1) is 11.4 Å². The summed E-state index contributed by atoms with van der Waals surface area (Å²) in [5, 5.41) is 7.39. The Morgan fingerprint density at radius 2 is 2.50 bits per heavy atom. The molecule has 0 bridgehead atoms. The predicted molar refractivity (Wildman–Crippen MR) is 56.0 cm³/mol. The van der Waals surface area contributed by atoms with E-state index in [0.29, 0.717) is 0 Å². The van der Waals surface area contributed by atoms with Gasteiger partial charge in [0.05, 0.1) is 0 Å². The number of unbranched alkanes of at least 4 members (excludes halogenated alkanes) is 1. The van der Waals surface area contributed by atoms with Gasteiger partial charge in [-0.2, -0.15) is 0 Å². The van der Waals surface area contributed by atoms with Crippen molar-refractivity contribution in [1.29, 1.82) is 0 Å². The van der Waals surface area contributed by atoms with Crippen molar-refractivity contribution in [3.05, 3.63) is 11.5 Å². The smallest absolute Gasteiger partial charge is 0.122 e. The summed E-state index contributed by atoms with van der Waals surface area (Å²) in [4.78, 5) is 0. The molecule has 1 aliphatic rings. The van der Waals surface area contributed by atoms with Crippen molar-refractivity contribution in [2.24, 2.45) is 0 Å². The third kappa shape index (κ3) is 3.64. The summed E-state index contributed by atoms with van der Waals surface area (Å²) in [6, 6.07) is 0. The number of hydrogen-bond acceptors (Lipinski definition) is 1. The van der Waals surface area contributed by atoms with Crippen LogP contribution >= 0.6 is 10.5 Å². The van der Waals surface area contributed by atoms with Gasteiger partial charge in [-0.25, -0.2) is 0 Å². The topological polar surface area (TPSA) is 9.23 Å². The van der Waals surface area contributed by atoms with E-state index in [1.54, 1.807) is 0 Å². The van der Waals surface area contributed by atoms with Gasteiger partial charge in [-0.15, -0.1) is 0 Å².